The van der Waals surface area contributed by atoms with Crippen molar-refractivity contribution in [2.75, 3.05) is 5.32 Å². The van der Waals surface area contributed by atoms with Gasteiger partial charge in [-0.15, -0.1) is 6.42 Å². The number of nitrogens with one attached hydrogen (secondary N) is 2. The van der Waals surface area contributed by atoms with Crippen LogP contribution in [0.4, 0.5) is 10.5 Å². The lowest BCUT2D eigenvalue weighted by atomic mass is 10.2. The molecule has 0 heterocycles. The third-order valence-corrected chi connectivity index (χ3v) is 2.93. The number of carboxylic acid groups (broad SMARTS) is 1. The van der Waals surface area contributed by atoms with Gasteiger partial charge in [0.15, 0.2) is 0 Å². The van der Waals surface area contributed by atoms with E-state index in [0.29, 0.717) is 11.3 Å². The molecule has 1 unspecified atom stereocenters. The van der Waals surface area contributed by atoms with Crippen LogP contribution in [0.15, 0.2) is 24.3 Å². The fourth-order valence-corrected chi connectivity index (χ4v) is 1.81. The number of carbonyl (C=O) groups excluding carboxylic acids is 1. The maximum atomic E-state index is 11.7. The van der Waals surface area contributed by atoms with Gasteiger partial charge in [-0.05, 0) is 37.0 Å². The maximum Gasteiger partial charge on any atom is 0.326 e. The zero-order valence-electron chi connectivity index (χ0n) is 10.2. The molecular weight excluding hydrogens is 244 g/mol. The van der Waals surface area contributed by atoms with E-state index >= 15 is 0 Å². The van der Waals surface area contributed by atoms with E-state index in [-0.39, 0.29) is 5.92 Å². The van der Waals surface area contributed by atoms with Crippen LogP contribution >= 0.6 is 0 Å². The predicted molar refractivity (Wildman–Crippen MR) is 70.7 cm³/mol. The van der Waals surface area contributed by atoms with Gasteiger partial charge in [0, 0.05) is 11.3 Å². The lowest BCUT2D eigenvalue weighted by Gasteiger charge is -2.14. The van der Waals surface area contributed by atoms with E-state index in [1.165, 1.54) is 0 Å². The Morgan fingerprint density at radius 2 is 2.16 bits per heavy atom. The third kappa shape index (κ3) is 3.49. The second kappa shape index (κ2) is 5.44. The molecule has 1 atom stereocenters. The highest BCUT2D eigenvalue weighted by molar-refractivity contribution is 5.92. The van der Waals surface area contributed by atoms with Crippen molar-refractivity contribution in [3.8, 4) is 12.3 Å². The molecule has 1 aliphatic rings. The number of aliphatic carboxylic acids is 1. The van der Waals surface area contributed by atoms with Gasteiger partial charge in [-0.25, -0.2) is 9.59 Å². The molecule has 0 spiro atoms. The number of rotatable bonds is 4. The number of hydrogen-bond acceptors (Lipinski definition) is 2. The Morgan fingerprint density at radius 3 is 2.74 bits per heavy atom. The van der Waals surface area contributed by atoms with E-state index in [0.717, 1.165) is 12.8 Å². The second-order valence-electron chi connectivity index (χ2n) is 4.48. The first kappa shape index (κ1) is 13.0. The molecule has 5 nitrogen and oxygen atoms in total. The van der Waals surface area contributed by atoms with Gasteiger partial charge in [0.2, 0.25) is 0 Å². The molecule has 0 aliphatic heterocycles. The number of carboxylic acids is 1. The van der Waals surface area contributed by atoms with Crippen molar-refractivity contribution in [3.05, 3.63) is 29.8 Å². The van der Waals surface area contributed by atoms with Crippen LogP contribution in [-0.4, -0.2) is 23.1 Å². The Bertz CT molecular complexity index is 544. The molecule has 1 saturated carbocycles. The predicted octanol–water partition coefficient (Wildman–Crippen LogP) is 1.65. The summed E-state index contributed by atoms with van der Waals surface area (Å²) in [5.41, 5.74) is 1.18. The third-order valence-electron chi connectivity index (χ3n) is 2.93. The van der Waals surface area contributed by atoms with E-state index in [4.69, 9.17) is 11.5 Å². The van der Waals surface area contributed by atoms with E-state index in [9.17, 15) is 9.59 Å². The summed E-state index contributed by atoms with van der Waals surface area (Å²) in [7, 11) is 0. The molecule has 1 aromatic rings. The Balaban J connectivity index is 1.96. The zero-order chi connectivity index (χ0) is 13.8. The Morgan fingerprint density at radius 1 is 1.42 bits per heavy atom. The number of terminal acetylenes is 1. The smallest absolute Gasteiger partial charge is 0.326 e. The summed E-state index contributed by atoms with van der Waals surface area (Å²) in [6.07, 6.45) is 6.94. The molecule has 0 aromatic heterocycles. The van der Waals surface area contributed by atoms with E-state index < -0.39 is 18.0 Å². The standard InChI is InChI=1S/C14H14N2O3/c1-2-9-4-3-5-11(8-9)15-14(19)16-12(13(17)18)10-6-7-10/h1,3-5,8,10,12H,6-7H2,(H,17,18)(H2,15,16,19). The monoisotopic (exact) mass is 258 g/mol. The van der Waals surface area contributed by atoms with Crippen molar-refractivity contribution in [1.29, 1.82) is 0 Å². The van der Waals surface area contributed by atoms with Crippen LogP contribution in [0.2, 0.25) is 0 Å². The van der Waals surface area contributed by atoms with Gasteiger partial charge in [-0.3, -0.25) is 0 Å². The number of hydrogen-bond donors (Lipinski definition) is 3. The van der Waals surface area contributed by atoms with Crippen molar-refractivity contribution in [3.63, 3.8) is 0 Å². The summed E-state index contributed by atoms with van der Waals surface area (Å²) < 4.78 is 0. The summed E-state index contributed by atoms with van der Waals surface area (Å²) in [6.45, 7) is 0. The first-order valence-corrected chi connectivity index (χ1v) is 5.97. The molecule has 1 aromatic carbocycles. The summed E-state index contributed by atoms with van der Waals surface area (Å²) in [4.78, 5) is 22.7. The van der Waals surface area contributed by atoms with Crippen LogP contribution in [0.25, 0.3) is 0 Å². The molecule has 19 heavy (non-hydrogen) atoms. The second-order valence-corrected chi connectivity index (χ2v) is 4.48. The molecular formula is C14H14N2O3. The van der Waals surface area contributed by atoms with E-state index in [1.54, 1.807) is 24.3 Å². The first-order valence-electron chi connectivity index (χ1n) is 5.97. The molecule has 98 valence electrons. The van der Waals surface area contributed by atoms with E-state index in [2.05, 4.69) is 16.6 Å². The number of urea groups is 1. The normalized spacial score (nSPS) is 15.1. The molecule has 2 rings (SSSR count). The highest BCUT2D eigenvalue weighted by Crippen LogP contribution is 2.32. The Labute approximate surface area is 111 Å². The highest BCUT2D eigenvalue weighted by atomic mass is 16.4. The van der Waals surface area contributed by atoms with Crippen molar-refractivity contribution < 1.29 is 14.7 Å². The molecule has 0 bridgehead atoms. The molecule has 5 heteroatoms. The van der Waals surface area contributed by atoms with Gasteiger partial charge < -0.3 is 15.7 Å². The number of benzene rings is 1. The van der Waals surface area contributed by atoms with Crippen molar-refractivity contribution >= 4 is 17.7 Å². The van der Waals surface area contributed by atoms with E-state index in [1.807, 2.05) is 0 Å². The van der Waals surface area contributed by atoms with Crippen LogP contribution in [0.3, 0.4) is 0 Å². The number of anilines is 1. The first-order chi connectivity index (χ1) is 9.10. The van der Waals surface area contributed by atoms with Gasteiger partial charge >= 0.3 is 12.0 Å². The molecule has 3 N–H and O–H groups in total. The molecule has 2 amide bonds. The summed E-state index contributed by atoms with van der Waals surface area (Å²) >= 11 is 0. The minimum absolute atomic E-state index is 0.0419. The lowest BCUT2D eigenvalue weighted by molar-refractivity contribution is -0.139. The van der Waals surface area contributed by atoms with Gasteiger partial charge in [0.05, 0.1) is 0 Å². The minimum Gasteiger partial charge on any atom is -0.480 e. The summed E-state index contributed by atoms with van der Waals surface area (Å²) in [5, 5.41) is 14.1. The number of amides is 2. The molecule has 1 aliphatic carbocycles. The van der Waals surface area contributed by atoms with Gasteiger partial charge in [-0.2, -0.15) is 0 Å². The largest absolute Gasteiger partial charge is 0.480 e. The van der Waals surface area contributed by atoms with Crippen molar-refractivity contribution in [2.45, 2.75) is 18.9 Å². The van der Waals surface area contributed by atoms with Gasteiger partial charge in [0.1, 0.15) is 6.04 Å². The quantitative estimate of drug-likeness (QED) is 0.718. The lowest BCUT2D eigenvalue weighted by Crippen LogP contribution is -2.44. The molecule has 1 fully saturated rings. The maximum absolute atomic E-state index is 11.7. The van der Waals surface area contributed by atoms with Gasteiger partial charge in [-0.1, -0.05) is 12.0 Å². The van der Waals surface area contributed by atoms with Crippen LogP contribution in [0.5, 0.6) is 0 Å². The van der Waals surface area contributed by atoms with Crippen LogP contribution < -0.4 is 10.6 Å². The van der Waals surface area contributed by atoms with Crippen molar-refractivity contribution in [2.24, 2.45) is 5.92 Å². The fraction of sp³-hybridized carbons (Fsp3) is 0.286. The van der Waals surface area contributed by atoms with Crippen LogP contribution in [-0.2, 0) is 4.79 Å². The number of carbonyl (C=O) groups is 2. The van der Waals surface area contributed by atoms with Crippen LogP contribution in [0.1, 0.15) is 18.4 Å². The fourth-order valence-electron chi connectivity index (χ4n) is 1.81. The summed E-state index contributed by atoms with van der Waals surface area (Å²) in [6, 6.07) is 5.44. The average molecular weight is 258 g/mol. The summed E-state index contributed by atoms with van der Waals surface area (Å²) in [5.74, 6) is 1.50. The Hall–Kier alpha value is -2.48. The SMILES string of the molecule is C#Cc1cccc(NC(=O)NC(C(=O)O)C2CC2)c1. The molecule has 0 radical (unpaired) electrons. The van der Waals surface area contributed by atoms with Gasteiger partial charge in [0.25, 0.3) is 0 Å². The van der Waals surface area contributed by atoms with Crippen molar-refractivity contribution in [1.82, 2.24) is 5.32 Å². The highest BCUT2D eigenvalue weighted by Gasteiger charge is 2.37. The minimum atomic E-state index is -1.00. The zero-order valence-corrected chi connectivity index (χ0v) is 10.2. The molecule has 0 saturated heterocycles. The Kier molecular flexibility index (Phi) is 3.71. The topological polar surface area (TPSA) is 78.4 Å². The van der Waals surface area contributed by atoms with Crippen LogP contribution in [0, 0.1) is 18.3 Å². The average Bonchev–Trinajstić information content (AvgIpc) is 3.20.